The lowest BCUT2D eigenvalue weighted by Gasteiger charge is -2.10. The van der Waals surface area contributed by atoms with Crippen molar-refractivity contribution in [3.8, 4) is 5.69 Å². The molecule has 1 aliphatic heterocycles. The van der Waals surface area contributed by atoms with Crippen LogP contribution in [-0.2, 0) is 9.84 Å². The quantitative estimate of drug-likeness (QED) is 0.897. The Morgan fingerprint density at radius 2 is 1.88 bits per heavy atom. The largest absolute Gasteiger partial charge is 0.347 e. The molecular formula is C16H20N4O3S. The Kier molecular flexibility index (Phi) is 4.16. The summed E-state index contributed by atoms with van der Waals surface area (Å²) in [5, 5.41) is 10.8. The molecule has 1 aliphatic rings. The van der Waals surface area contributed by atoms with Gasteiger partial charge in [-0.25, -0.2) is 13.1 Å². The minimum absolute atomic E-state index is 0.0109. The third kappa shape index (κ3) is 3.33. The molecule has 1 saturated heterocycles. The van der Waals surface area contributed by atoms with E-state index in [9.17, 15) is 13.2 Å². The number of aryl methyl sites for hydroxylation is 2. The second kappa shape index (κ2) is 6.01. The van der Waals surface area contributed by atoms with Gasteiger partial charge in [0.2, 0.25) is 0 Å². The molecule has 128 valence electrons. The number of amides is 1. The number of hydrogen-bond donors (Lipinski definition) is 1. The fourth-order valence-electron chi connectivity index (χ4n) is 3.02. The smallest absolute Gasteiger partial charge is 0.274 e. The number of aromatic nitrogens is 3. The number of nitrogens with one attached hydrogen (secondary N) is 1. The summed E-state index contributed by atoms with van der Waals surface area (Å²) in [6.07, 6.45) is 0.443. The molecule has 1 atom stereocenters. The van der Waals surface area contributed by atoms with E-state index in [4.69, 9.17) is 0 Å². The van der Waals surface area contributed by atoms with E-state index >= 15 is 0 Å². The Labute approximate surface area is 141 Å². The molecule has 2 heterocycles. The van der Waals surface area contributed by atoms with Crippen LogP contribution < -0.4 is 5.32 Å². The third-order valence-electron chi connectivity index (χ3n) is 4.13. The fourth-order valence-corrected chi connectivity index (χ4v) is 4.69. The van der Waals surface area contributed by atoms with Crippen molar-refractivity contribution in [1.29, 1.82) is 0 Å². The molecule has 0 bridgehead atoms. The second-order valence-corrected chi connectivity index (χ2v) is 8.58. The molecule has 1 amide bonds. The van der Waals surface area contributed by atoms with Crippen molar-refractivity contribution >= 4 is 15.7 Å². The molecule has 1 N–H and O–H groups in total. The summed E-state index contributed by atoms with van der Waals surface area (Å²) in [6.45, 7) is 5.77. The molecule has 24 heavy (non-hydrogen) atoms. The highest BCUT2D eigenvalue weighted by Gasteiger charge is 2.30. The van der Waals surface area contributed by atoms with E-state index in [2.05, 4.69) is 21.7 Å². The van der Waals surface area contributed by atoms with E-state index in [1.807, 2.05) is 26.0 Å². The molecule has 0 aliphatic carbocycles. The van der Waals surface area contributed by atoms with Gasteiger partial charge >= 0.3 is 0 Å². The first-order valence-electron chi connectivity index (χ1n) is 7.77. The van der Waals surface area contributed by atoms with Crippen LogP contribution in [0.1, 0.15) is 33.7 Å². The normalized spacial score (nSPS) is 19.4. The lowest BCUT2D eigenvalue weighted by molar-refractivity contribution is 0.0935. The second-order valence-electron chi connectivity index (χ2n) is 6.35. The van der Waals surface area contributed by atoms with Crippen LogP contribution in [0, 0.1) is 20.8 Å². The first kappa shape index (κ1) is 16.6. The van der Waals surface area contributed by atoms with Crippen molar-refractivity contribution in [2.24, 2.45) is 0 Å². The maximum atomic E-state index is 12.4. The van der Waals surface area contributed by atoms with Gasteiger partial charge in [-0.05, 0) is 50.5 Å². The van der Waals surface area contributed by atoms with Gasteiger partial charge in [-0.15, -0.1) is 5.10 Å². The van der Waals surface area contributed by atoms with Crippen LogP contribution >= 0.6 is 0 Å². The minimum Gasteiger partial charge on any atom is -0.347 e. The molecule has 0 unspecified atom stereocenters. The lowest BCUT2D eigenvalue weighted by atomic mass is 10.1. The zero-order valence-electron chi connectivity index (χ0n) is 13.9. The van der Waals surface area contributed by atoms with Gasteiger partial charge in [0.15, 0.2) is 15.5 Å². The van der Waals surface area contributed by atoms with E-state index in [1.54, 1.807) is 11.6 Å². The zero-order valence-corrected chi connectivity index (χ0v) is 14.7. The minimum atomic E-state index is -3.04. The van der Waals surface area contributed by atoms with Crippen LogP contribution in [0.3, 0.4) is 0 Å². The summed E-state index contributed by atoms with van der Waals surface area (Å²) in [5.74, 6) is -0.278. The molecular weight excluding hydrogens is 328 g/mol. The zero-order chi connectivity index (χ0) is 17.5. The molecule has 1 aromatic heterocycles. The summed E-state index contributed by atoms with van der Waals surface area (Å²) >= 11 is 0. The van der Waals surface area contributed by atoms with Gasteiger partial charge < -0.3 is 5.32 Å². The highest BCUT2D eigenvalue weighted by molar-refractivity contribution is 7.91. The van der Waals surface area contributed by atoms with Crippen molar-refractivity contribution in [1.82, 2.24) is 20.3 Å². The Balaban J connectivity index is 1.83. The summed E-state index contributed by atoms with van der Waals surface area (Å²) in [7, 11) is -3.04. The van der Waals surface area contributed by atoms with E-state index < -0.39 is 9.84 Å². The Bertz CT molecular complexity index is 882. The molecule has 1 fully saturated rings. The highest BCUT2D eigenvalue weighted by Crippen LogP contribution is 2.17. The average molecular weight is 348 g/mol. The van der Waals surface area contributed by atoms with Gasteiger partial charge in [-0.3, -0.25) is 4.79 Å². The van der Waals surface area contributed by atoms with Gasteiger partial charge in [0.1, 0.15) is 0 Å². The summed E-state index contributed by atoms with van der Waals surface area (Å²) in [5.41, 5.74) is 3.89. The fraction of sp³-hybridized carbons (Fsp3) is 0.438. The van der Waals surface area contributed by atoms with Gasteiger partial charge in [-0.2, -0.15) is 0 Å². The monoisotopic (exact) mass is 348 g/mol. The average Bonchev–Trinajstić information content (AvgIpc) is 3.00. The standard InChI is InChI=1S/C16H20N4O3S/c1-10-6-11(2)8-14(7-10)20-12(3)15(18-19-20)16(21)17-13-4-5-24(22,23)9-13/h6-8,13H,4-5,9H2,1-3H3,(H,17,21)/t13-/m1/s1. The Morgan fingerprint density at radius 3 is 2.46 bits per heavy atom. The number of rotatable bonds is 3. The Morgan fingerprint density at radius 1 is 1.21 bits per heavy atom. The maximum Gasteiger partial charge on any atom is 0.274 e. The lowest BCUT2D eigenvalue weighted by Crippen LogP contribution is -2.36. The van der Waals surface area contributed by atoms with Crippen molar-refractivity contribution in [2.45, 2.75) is 33.2 Å². The van der Waals surface area contributed by atoms with Gasteiger partial charge in [-0.1, -0.05) is 11.3 Å². The molecule has 3 rings (SSSR count). The molecule has 0 saturated carbocycles. The van der Waals surface area contributed by atoms with Crippen LogP contribution in [0.5, 0.6) is 0 Å². The molecule has 1 aromatic carbocycles. The predicted octanol–water partition coefficient (Wildman–Crippen LogP) is 1.11. The maximum absolute atomic E-state index is 12.4. The van der Waals surface area contributed by atoms with Crippen molar-refractivity contribution in [3.05, 3.63) is 40.7 Å². The van der Waals surface area contributed by atoms with Crippen LogP contribution in [0.2, 0.25) is 0 Å². The van der Waals surface area contributed by atoms with Crippen LogP contribution in [0.25, 0.3) is 5.69 Å². The third-order valence-corrected chi connectivity index (χ3v) is 5.90. The van der Waals surface area contributed by atoms with Crippen LogP contribution in [0.4, 0.5) is 0 Å². The molecule has 0 spiro atoms. The summed E-state index contributed by atoms with van der Waals surface area (Å²) in [6, 6.07) is 5.65. The van der Waals surface area contributed by atoms with Crippen molar-refractivity contribution < 1.29 is 13.2 Å². The SMILES string of the molecule is Cc1cc(C)cc(-n2nnc(C(=O)N[C@@H]3CCS(=O)(=O)C3)c2C)c1. The first-order chi connectivity index (χ1) is 11.2. The number of carbonyl (C=O) groups is 1. The molecule has 8 heteroatoms. The van der Waals surface area contributed by atoms with Crippen LogP contribution in [-0.4, -0.2) is 46.9 Å². The molecule has 2 aromatic rings. The van der Waals surface area contributed by atoms with E-state index in [0.717, 1.165) is 16.8 Å². The van der Waals surface area contributed by atoms with E-state index in [1.165, 1.54) is 0 Å². The van der Waals surface area contributed by atoms with Gasteiger partial charge in [0.05, 0.1) is 22.9 Å². The Hall–Kier alpha value is -2.22. The van der Waals surface area contributed by atoms with Gasteiger partial charge in [0.25, 0.3) is 5.91 Å². The van der Waals surface area contributed by atoms with Crippen molar-refractivity contribution in [2.75, 3.05) is 11.5 Å². The van der Waals surface area contributed by atoms with Crippen molar-refractivity contribution in [3.63, 3.8) is 0 Å². The molecule has 7 nitrogen and oxygen atoms in total. The van der Waals surface area contributed by atoms with E-state index in [0.29, 0.717) is 12.1 Å². The van der Waals surface area contributed by atoms with E-state index in [-0.39, 0.29) is 29.1 Å². The predicted molar refractivity (Wildman–Crippen MR) is 90.1 cm³/mol. The van der Waals surface area contributed by atoms with Gasteiger partial charge in [0, 0.05) is 6.04 Å². The number of sulfone groups is 1. The number of nitrogens with zero attached hydrogens (tertiary/aromatic N) is 3. The number of carbonyl (C=O) groups excluding carboxylic acids is 1. The summed E-state index contributed by atoms with van der Waals surface area (Å²) in [4.78, 5) is 12.4. The number of hydrogen-bond acceptors (Lipinski definition) is 5. The van der Waals surface area contributed by atoms with Crippen LogP contribution in [0.15, 0.2) is 18.2 Å². The number of benzene rings is 1. The summed E-state index contributed by atoms with van der Waals surface area (Å²) < 4.78 is 24.6. The highest BCUT2D eigenvalue weighted by atomic mass is 32.2. The molecule has 0 radical (unpaired) electrons. The first-order valence-corrected chi connectivity index (χ1v) is 9.59. The topological polar surface area (TPSA) is 93.9 Å².